The highest BCUT2D eigenvalue weighted by molar-refractivity contribution is 7.07. The second kappa shape index (κ2) is 16.5. The van der Waals surface area contributed by atoms with Crippen LogP contribution in [0.25, 0.3) is 0 Å². The van der Waals surface area contributed by atoms with Crippen LogP contribution in [0.2, 0.25) is 0 Å². The van der Waals surface area contributed by atoms with Crippen LogP contribution in [0.5, 0.6) is 0 Å². The highest BCUT2D eigenvalue weighted by atomic mass is 28.4. The van der Waals surface area contributed by atoms with Crippen molar-refractivity contribution in [2.24, 2.45) is 34.5 Å². The van der Waals surface area contributed by atoms with Crippen LogP contribution in [-0.2, 0) is 8.85 Å². The zero-order valence-electron chi connectivity index (χ0n) is 35.1. The van der Waals surface area contributed by atoms with Crippen LogP contribution in [-0.4, -0.2) is 40.6 Å². The number of fused-ring (bicyclic) bond motifs is 5. The van der Waals surface area contributed by atoms with Crippen LogP contribution in [0.1, 0.15) is 64.7 Å². The van der Waals surface area contributed by atoms with E-state index in [2.05, 4.69) is 189 Å². The molecule has 5 heteroatoms. The summed E-state index contributed by atoms with van der Waals surface area (Å²) in [5.74, 6) is 2.24. The van der Waals surface area contributed by atoms with Crippen LogP contribution in [0.3, 0.4) is 0 Å². The second-order valence-corrected chi connectivity index (χ2v) is 25.6. The molecule has 4 fully saturated rings. The number of aliphatic hydroxyl groups excluding tert-OH is 1. The van der Waals surface area contributed by atoms with Crippen molar-refractivity contribution in [2.75, 3.05) is 6.61 Å². The molecule has 0 saturated heterocycles. The first kappa shape index (κ1) is 39.8. The summed E-state index contributed by atoms with van der Waals surface area (Å²) in [4.78, 5) is 0. The van der Waals surface area contributed by atoms with E-state index in [0.717, 1.165) is 32.3 Å². The minimum absolute atomic E-state index is 0.0234. The molecule has 0 amide bonds. The van der Waals surface area contributed by atoms with Gasteiger partial charge < -0.3 is 14.0 Å². The molecular formula is C55H60O3Si2. The summed E-state index contributed by atoms with van der Waals surface area (Å²) in [6.07, 6.45) is 9.85. The molecule has 306 valence electrons. The molecule has 6 aromatic rings. The number of rotatable bonds is 11. The average molecular weight is 825 g/mol. The van der Waals surface area contributed by atoms with Crippen molar-refractivity contribution in [1.82, 2.24) is 0 Å². The molecule has 0 aliphatic heterocycles. The first-order valence-corrected chi connectivity index (χ1v) is 26.6. The average Bonchev–Trinajstić information content (AvgIpc) is 3.65. The molecule has 0 radical (unpaired) electrons. The van der Waals surface area contributed by atoms with Gasteiger partial charge in [-0.25, -0.2) is 0 Å². The predicted molar refractivity (Wildman–Crippen MR) is 251 cm³/mol. The predicted octanol–water partition coefficient (Wildman–Crippen LogP) is 8.11. The highest BCUT2D eigenvalue weighted by Gasteiger charge is 2.63. The summed E-state index contributed by atoms with van der Waals surface area (Å²) < 4.78 is 16.1. The quantitative estimate of drug-likeness (QED) is 0.106. The first-order valence-electron chi connectivity index (χ1n) is 22.8. The topological polar surface area (TPSA) is 38.7 Å². The van der Waals surface area contributed by atoms with Gasteiger partial charge in [0, 0.05) is 6.61 Å². The standard InChI is InChI=1S/C55H60O3Si2/c1-54-38-37-52-50(51(54)34-35-53(54)58-60(47-26-14-5-15-27-47,48-28-16-6-17-29-48)49-30-18-7-19-31-49)33-32-42-40-43(56)36-39-55(42,52)41-57-59(44-20-8-2-9-21-44,45-22-10-3-11-23-45)46-24-12-4-13-25-46/h2-31,42-43,50-53,56H,32-41H2,1H3/t42?,43?,50-,51-,52+,53?,54-,55+/m0/s1. The lowest BCUT2D eigenvalue weighted by Crippen LogP contribution is -2.71. The Kier molecular flexibility index (Phi) is 10.9. The third kappa shape index (κ3) is 6.64. The zero-order chi connectivity index (χ0) is 40.6. The SMILES string of the molecule is C[C@]12CC[C@@H]3[C@@H](CCC4CC(O)CC[C@@]43CO[Si](c3ccccc3)(c3ccccc3)c3ccccc3)[C@@H]1CCC2O[Si](c1ccccc1)(c1ccccc1)c1ccccc1. The first-order chi connectivity index (χ1) is 29.5. The van der Waals surface area contributed by atoms with E-state index < -0.39 is 16.6 Å². The summed E-state index contributed by atoms with van der Waals surface area (Å²) >= 11 is 0. The van der Waals surface area contributed by atoms with Crippen molar-refractivity contribution in [1.29, 1.82) is 0 Å². The number of hydrogen-bond donors (Lipinski definition) is 1. The van der Waals surface area contributed by atoms with Crippen LogP contribution >= 0.6 is 0 Å². The second-order valence-electron chi connectivity index (χ2n) is 18.9. The van der Waals surface area contributed by atoms with Crippen LogP contribution in [0, 0.1) is 34.5 Å². The fourth-order valence-corrected chi connectivity index (χ4v) is 21.6. The lowest BCUT2D eigenvalue weighted by Gasteiger charge is -2.62. The van der Waals surface area contributed by atoms with E-state index in [-0.39, 0.29) is 23.0 Å². The van der Waals surface area contributed by atoms with Crippen molar-refractivity contribution in [2.45, 2.75) is 76.9 Å². The van der Waals surface area contributed by atoms with E-state index in [1.807, 2.05) is 0 Å². The number of hydrogen-bond acceptors (Lipinski definition) is 3. The van der Waals surface area contributed by atoms with Crippen molar-refractivity contribution in [3.8, 4) is 0 Å². The van der Waals surface area contributed by atoms with E-state index >= 15 is 0 Å². The van der Waals surface area contributed by atoms with E-state index in [9.17, 15) is 5.11 Å². The molecule has 0 heterocycles. The minimum atomic E-state index is -2.92. The molecule has 4 aliphatic rings. The normalized spacial score (nSPS) is 28.9. The number of aliphatic hydroxyl groups is 1. The Hall–Kier alpha value is -4.37. The van der Waals surface area contributed by atoms with E-state index in [4.69, 9.17) is 8.85 Å². The Morgan fingerprint density at radius 2 is 0.917 bits per heavy atom. The van der Waals surface area contributed by atoms with E-state index in [0.29, 0.717) is 23.7 Å². The van der Waals surface area contributed by atoms with Gasteiger partial charge in [0.2, 0.25) is 0 Å². The summed E-state index contributed by atoms with van der Waals surface area (Å²) in [6.45, 7) is 3.36. The molecule has 4 aliphatic carbocycles. The molecule has 3 unspecified atom stereocenters. The Balaban J connectivity index is 1.02. The van der Waals surface area contributed by atoms with Crippen molar-refractivity contribution >= 4 is 47.8 Å². The number of benzene rings is 6. The molecule has 6 aromatic carbocycles. The third-order valence-corrected chi connectivity index (χ3v) is 24.3. The summed E-state index contributed by atoms with van der Waals surface area (Å²) in [7, 11) is -5.80. The van der Waals surface area contributed by atoms with Gasteiger partial charge in [0.05, 0.1) is 12.2 Å². The van der Waals surface area contributed by atoms with Crippen LogP contribution in [0.15, 0.2) is 182 Å². The van der Waals surface area contributed by atoms with Gasteiger partial charge in [-0.05, 0) is 123 Å². The third-order valence-electron chi connectivity index (χ3n) is 16.2. The van der Waals surface area contributed by atoms with Gasteiger partial charge in [-0.1, -0.05) is 189 Å². The van der Waals surface area contributed by atoms with Gasteiger partial charge in [-0.15, -0.1) is 0 Å². The van der Waals surface area contributed by atoms with E-state index in [1.54, 1.807) is 0 Å². The largest absolute Gasteiger partial charge is 0.404 e. The lowest BCUT2D eigenvalue weighted by atomic mass is 9.44. The summed E-state index contributed by atoms with van der Waals surface area (Å²) in [5, 5.41) is 19.2. The van der Waals surface area contributed by atoms with Gasteiger partial charge in [0.1, 0.15) is 0 Å². The van der Waals surface area contributed by atoms with Gasteiger partial charge in [0.15, 0.2) is 0 Å². The zero-order valence-corrected chi connectivity index (χ0v) is 37.1. The summed E-state index contributed by atoms with van der Waals surface area (Å²) in [6, 6.07) is 66.9. The molecule has 0 bridgehead atoms. The highest BCUT2D eigenvalue weighted by Crippen LogP contribution is 2.67. The minimum Gasteiger partial charge on any atom is -0.404 e. The smallest absolute Gasteiger partial charge is 0.288 e. The molecule has 8 atom stereocenters. The van der Waals surface area contributed by atoms with Gasteiger partial charge in [0.25, 0.3) is 16.6 Å². The van der Waals surface area contributed by atoms with Crippen molar-refractivity contribution in [3.05, 3.63) is 182 Å². The Morgan fingerprint density at radius 3 is 1.37 bits per heavy atom. The van der Waals surface area contributed by atoms with Crippen LogP contribution < -0.4 is 31.1 Å². The molecule has 10 rings (SSSR count). The maximum absolute atomic E-state index is 11.3. The lowest BCUT2D eigenvalue weighted by molar-refractivity contribution is -0.154. The molecule has 60 heavy (non-hydrogen) atoms. The molecule has 4 saturated carbocycles. The molecule has 0 spiro atoms. The molecule has 1 N–H and O–H groups in total. The Bertz CT molecular complexity index is 2120. The Morgan fingerprint density at radius 1 is 0.483 bits per heavy atom. The van der Waals surface area contributed by atoms with Gasteiger partial charge >= 0.3 is 0 Å². The maximum Gasteiger partial charge on any atom is 0.288 e. The molecule has 3 nitrogen and oxygen atoms in total. The fraction of sp³-hybridized carbons (Fsp3) is 0.345. The summed E-state index contributed by atoms with van der Waals surface area (Å²) in [5.41, 5.74) is 0.104. The molecule has 0 aromatic heterocycles. The fourth-order valence-electron chi connectivity index (χ4n) is 13.4. The van der Waals surface area contributed by atoms with Gasteiger partial charge in [-0.2, -0.15) is 0 Å². The molecular weight excluding hydrogens is 765 g/mol. The van der Waals surface area contributed by atoms with Crippen molar-refractivity contribution < 1.29 is 14.0 Å². The van der Waals surface area contributed by atoms with Crippen molar-refractivity contribution in [3.63, 3.8) is 0 Å². The maximum atomic E-state index is 11.3. The van der Waals surface area contributed by atoms with Crippen LogP contribution in [0.4, 0.5) is 0 Å². The van der Waals surface area contributed by atoms with Gasteiger partial charge in [-0.3, -0.25) is 0 Å². The Labute approximate surface area is 360 Å². The van der Waals surface area contributed by atoms with E-state index in [1.165, 1.54) is 63.2 Å². The monoisotopic (exact) mass is 824 g/mol.